The number of unbranched alkanes of at least 4 members (excludes halogenated alkanes) is 9. The molecule has 494 valence electrons. The summed E-state index contributed by atoms with van der Waals surface area (Å²) in [6.07, 6.45) is 8.83. The summed E-state index contributed by atoms with van der Waals surface area (Å²) in [7, 11) is 3.89. The van der Waals surface area contributed by atoms with Gasteiger partial charge in [0.2, 0.25) is 17.6 Å². The number of alkyl carbamates (subject to hydrolysis) is 1. The number of aliphatic hydroxyl groups excluding tert-OH is 1. The molecule has 31 heteroatoms. The van der Waals surface area contributed by atoms with E-state index in [1.165, 1.54) is 40.4 Å². The highest BCUT2D eigenvalue weighted by Crippen LogP contribution is 2.14. The average molecular weight is 1240 g/mol. The van der Waals surface area contributed by atoms with Crippen molar-refractivity contribution in [1.82, 2.24) is 37.2 Å². The molecule has 2 unspecified atom stereocenters. The Kier molecular flexibility index (Phi) is 50.7. The first-order chi connectivity index (χ1) is 41.4. The smallest absolute Gasteiger partial charge is 0.502 e. The SMILES string of the molecule is C/C=C(\O)C(=O)OC.CC.CCC(=O)OC.COC(=O)C1=CCC(NC(C)=O)CO1.N=C(N)N.O=C(O)NCCCCCCNC(=O)c1cc(CC(=O)NCCCCCCNC(=O)OCC2COC(=O)O2)cc(C(=O)NCCCCCCNC(=O)O)c1. The molecule has 87 heavy (non-hydrogen) atoms. The summed E-state index contributed by atoms with van der Waals surface area (Å²) >= 11 is 0. The number of carbonyl (C=O) groups excluding carboxylic acids is 9. The molecule has 31 nitrogen and oxygen atoms in total. The Morgan fingerprint density at radius 1 is 0.655 bits per heavy atom. The predicted octanol–water partition coefficient (Wildman–Crippen LogP) is 4.31. The first-order valence-electron chi connectivity index (χ1n) is 28.4. The number of guanidine groups is 1. The number of carboxylic acid groups (broad SMARTS) is 2. The van der Waals surface area contributed by atoms with E-state index in [0.29, 0.717) is 103 Å². The first kappa shape index (κ1) is 82.2. The van der Waals surface area contributed by atoms with Gasteiger partial charge in [-0.25, -0.2) is 28.8 Å². The van der Waals surface area contributed by atoms with Crippen LogP contribution in [-0.4, -0.2) is 180 Å². The maximum atomic E-state index is 13.0. The maximum Gasteiger partial charge on any atom is 0.508 e. The highest BCUT2D eigenvalue weighted by Gasteiger charge is 2.26. The number of carbonyl (C=O) groups is 11. The van der Waals surface area contributed by atoms with Crippen LogP contribution in [0.3, 0.4) is 0 Å². The van der Waals surface area contributed by atoms with Crippen LogP contribution in [-0.2, 0) is 63.6 Å². The lowest BCUT2D eigenvalue weighted by molar-refractivity contribution is -0.141. The number of nitrogens with two attached hydrogens (primary N) is 2. The lowest BCUT2D eigenvalue weighted by Crippen LogP contribution is -2.38. The Balaban J connectivity index is -0.00000166. The molecular weight excluding hydrogens is 1150 g/mol. The van der Waals surface area contributed by atoms with Crippen molar-refractivity contribution in [2.45, 2.75) is 143 Å². The number of cyclic esters (lactones) is 2. The van der Waals surface area contributed by atoms with E-state index >= 15 is 0 Å². The van der Waals surface area contributed by atoms with Gasteiger partial charge in [0, 0.05) is 63.7 Å². The van der Waals surface area contributed by atoms with Crippen molar-refractivity contribution in [3.8, 4) is 0 Å². The normalized spacial score (nSPS) is 13.2. The minimum absolute atomic E-state index is 0.0334. The molecule has 0 spiro atoms. The zero-order valence-electron chi connectivity index (χ0n) is 51.4. The van der Waals surface area contributed by atoms with Crippen LogP contribution in [0.2, 0.25) is 0 Å². The Labute approximate surface area is 507 Å². The largest absolute Gasteiger partial charge is 0.508 e. The lowest BCUT2D eigenvalue weighted by atomic mass is 10.0. The minimum Gasteiger partial charge on any atom is -0.502 e. The molecule has 2 aliphatic heterocycles. The number of amides is 7. The highest BCUT2D eigenvalue weighted by molar-refractivity contribution is 6.00. The zero-order chi connectivity index (χ0) is 66.4. The van der Waals surface area contributed by atoms with Crippen molar-refractivity contribution in [1.29, 1.82) is 5.41 Å². The molecule has 3 rings (SSSR count). The standard InChI is InChI=1S/C35H54N6O12.C9H13NO4.C5H8O3.C4H8O2.C2H6.CH5N3/c42-29(36-13-7-1-6-12-18-41-34(49)51-23-28-24-52-35(50)53-28)21-25-19-26(30(43)37-14-8-2-4-10-16-39-32(45)46)22-27(20-25)31(44)38-15-9-3-5-11-17-40-33(47)48;1-6(11)10-7-3-4-8(14-5-7)9(12)13-2;1-3-4(6)5(7)8-2;1-3-4(5)6-2;1-2;2-1(3)4/h19-20,22,28,39-40H,1-18,21,23-24H2,(H,36,42)(H,37,43)(H,38,44)(H,41,49)(H,45,46)(H,47,48);4,7H,3,5H2,1-2H3,(H,10,11);3,6H,1-2H3;3H2,1-2H3;1-2H3;(H5,2,3,4)/b;;4-3-;;;. The lowest BCUT2D eigenvalue weighted by Gasteiger charge is -2.22. The van der Waals surface area contributed by atoms with E-state index in [0.717, 1.165) is 38.5 Å². The van der Waals surface area contributed by atoms with Crippen molar-refractivity contribution in [2.75, 3.05) is 80.4 Å². The second kappa shape index (κ2) is 53.7. The van der Waals surface area contributed by atoms with Gasteiger partial charge >= 0.3 is 42.3 Å². The molecule has 2 atom stereocenters. The Morgan fingerprint density at radius 3 is 1.46 bits per heavy atom. The monoisotopic (exact) mass is 1240 g/mol. The number of methoxy groups -OCH3 is 3. The minimum atomic E-state index is -1.06. The highest BCUT2D eigenvalue weighted by atomic mass is 16.8. The van der Waals surface area contributed by atoms with E-state index < -0.39 is 42.5 Å². The van der Waals surface area contributed by atoms with Crippen LogP contribution >= 0.6 is 0 Å². The number of benzene rings is 1. The molecule has 2 heterocycles. The molecular formula is C56H94N10O21. The fourth-order valence-corrected chi connectivity index (χ4v) is 6.76. The number of rotatable bonds is 31. The van der Waals surface area contributed by atoms with Crippen molar-refractivity contribution in [3.63, 3.8) is 0 Å². The van der Waals surface area contributed by atoms with E-state index in [1.807, 2.05) is 13.8 Å². The van der Waals surface area contributed by atoms with Crippen LogP contribution in [0.4, 0.5) is 19.2 Å². The molecule has 15 N–H and O–H groups in total. The third-order valence-corrected chi connectivity index (χ3v) is 11.0. The first-order valence-corrected chi connectivity index (χ1v) is 28.4. The predicted molar refractivity (Wildman–Crippen MR) is 317 cm³/mol. The molecule has 0 aromatic heterocycles. The molecule has 7 amide bonds. The van der Waals surface area contributed by atoms with E-state index in [1.54, 1.807) is 32.1 Å². The maximum absolute atomic E-state index is 13.0. The topological polar surface area (TPSA) is 473 Å². The average Bonchev–Trinajstić information content (AvgIpc) is 3.03. The molecule has 0 radical (unpaired) electrons. The number of hydrogen-bond donors (Lipinski definition) is 13. The fraction of sp³-hybridized carbons (Fsp3) is 0.607. The van der Waals surface area contributed by atoms with E-state index in [-0.39, 0.29) is 83.9 Å². The van der Waals surface area contributed by atoms with E-state index in [4.69, 9.17) is 34.9 Å². The molecule has 1 fully saturated rings. The number of aliphatic hydroxyl groups is 1. The number of ether oxygens (including phenoxy) is 7. The molecule has 0 aliphatic carbocycles. The van der Waals surface area contributed by atoms with Crippen molar-refractivity contribution in [3.05, 3.63) is 58.6 Å². The number of allylic oxidation sites excluding steroid dienone is 1. The van der Waals surface area contributed by atoms with Crippen LogP contribution < -0.4 is 48.7 Å². The number of nitrogens with one attached hydrogen (secondary N) is 8. The van der Waals surface area contributed by atoms with Gasteiger partial charge in [0.05, 0.1) is 33.8 Å². The second-order valence-electron chi connectivity index (χ2n) is 18.0. The quantitative estimate of drug-likeness (QED) is 0.00937. The summed E-state index contributed by atoms with van der Waals surface area (Å²) in [6, 6.07) is 4.64. The summed E-state index contributed by atoms with van der Waals surface area (Å²) in [6.45, 7) is 11.4. The van der Waals surface area contributed by atoms with Crippen LogP contribution in [0.1, 0.15) is 151 Å². The van der Waals surface area contributed by atoms with E-state index in [2.05, 4.69) is 67.6 Å². The zero-order valence-corrected chi connectivity index (χ0v) is 51.4. The summed E-state index contributed by atoms with van der Waals surface area (Å²) in [4.78, 5) is 124. The molecule has 1 aromatic carbocycles. The summed E-state index contributed by atoms with van der Waals surface area (Å²) in [5, 5.41) is 50.4. The van der Waals surface area contributed by atoms with Gasteiger partial charge < -0.3 is 97.2 Å². The van der Waals surface area contributed by atoms with Crippen LogP contribution in [0.5, 0.6) is 0 Å². The van der Waals surface area contributed by atoms with Crippen LogP contribution in [0, 0.1) is 5.41 Å². The Hall–Kier alpha value is -9.06. The van der Waals surface area contributed by atoms with Gasteiger partial charge in [-0.05, 0) is 87.8 Å². The molecule has 1 aromatic rings. The number of hydrogen-bond acceptors (Lipinski definition) is 20. The fourth-order valence-electron chi connectivity index (χ4n) is 6.76. The van der Waals surface area contributed by atoms with Gasteiger partial charge in [0.15, 0.2) is 17.8 Å². The van der Waals surface area contributed by atoms with Crippen LogP contribution in [0.15, 0.2) is 41.9 Å². The number of esters is 3. The Morgan fingerprint density at radius 2 is 1.11 bits per heavy atom. The second-order valence-corrected chi connectivity index (χ2v) is 18.0. The molecule has 1 saturated heterocycles. The van der Waals surface area contributed by atoms with Crippen molar-refractivity contribution in [2.24, 2.45) is 11.5 Å². The van der Waals surface area contributed by atoms with Gasteiger partial charge in [0.25, 0.3) is 11.8 Å². The summed E-state index contributed by atoms with van der Waals surface area (Å²) in [5.74, 6) is -2.92. The van der Waals surface area contributed by atoms with E-state index in [9.17, 15) is 52.7 Å². The Bertz CT molecular complexity index is 2250. The van der Waals surface area contributed by atoms with Crippen molar-refractivity contribution >= 4 is 71.9 Å². The van der Waals surface area contributed by atoms with Crippen LogP contribution in [0.25, 0.3) is 0 Å². The third kappa shape index (κ3) is 49.0. The van der Waals surface area contributed by atoms with Gasteiger partial charge in [-0.1, -0.05) is 59.3 Å². The third-order valence-electron chi connectivity index (χ3n) is 11.0. The molecule has 0 saturated carbocycles. The van der Waals surface area contributed by atoms with Gasteiger partial charge in [0.1, 0.15) is 19.8 Å². The van der Waals surface area contributed by atoms with Crippen molar-refractivity contribution < 1.29 is 101 Å². The van der Waals surface area contributed by atoms with Gasteiger partial charge in [-0.15, -0.1) is 0 Å². The van der Waals surface area contributed by atoms with Gasteiger partial charge in [-0.2, -0.15) is 0 Å². The summed E-state index contributed by atoms with van der Waals surface area (Å²) < 4.78 is 32.4. The van der Waals surface area contributed by atoms with Gasteiger partial charge in [-0.3, -0.25) is 29.4 Å². The summed E-state index contributed by atoms with van der Waals surface area (Å²) in [5.41, 5.74) is 9.96. The molecule has 0 bridgehead atoms. The molecule has 2 aliphatic rings.